The van der Waals surface area contributed by atoms with Crippen molar-refractivity contribution in [3.05, 3.63) is 21.1 Å². The normalized spacial score (nSPS) is 10.2. The molecule has 0 aliphatic carbocycles. The van der Waals surface area contributed by atoms with Crippen molar-refractivity contribution in [2.45, 2.75) is 12.8 Å². The first-order chi connectivity index (χ1) is 7.69. The van der Waals surface area contributed by atoms with Gasteiger partial charge >= 0.3 is 0 Å². The van der Waals surface area contributed by atoms with Crippen LogP contribution in [0.5, 0.6) is 11.5 Å². The Labute approximate surface area is 121 Å². The molecule has 1 aromatic carbocycles. The van der Waals surface area contributed by atoms with Gasteiger partial charge in [0.2, 0.25) is 0 Å². The molecule has 90 valence electrons. The first-order valence-electron chi connectivity index (χ1n) is 4.91. The van der Waals surface area contributed by atoms with Gasteiger partial charge in [-0.1, -0.05) is 15.9 Å². The Morgan fingerprint density at radius 2 is 1.69 bits per heavy atom. The summed E-state index contributed by atoms with van der Waals surface area (Å²) in [5.41, 5.74) is 0. The summed E-state index contributed by atoms with van der Waals surface area (Å²) < 4.78 is 12.7. The molecule has 0 aliphatic heterocycles. The highest BCUT2D eigenvalue weighted by Crippen LogP contribution is 2.36. The van der Waals surface area contributed by atoms with Crippen molar-refractivity contribution in [3.8, 4) is 11.5 Å². The Kier molecular flexibility index (Phi) is 6.77. The highest BCUT2D eigenvalue weighted by Gasteiger charge is 2.07. The van der Waals surface area contributed by atoms with E-state index in [-0.39, 0.29) is 0 Å². The van der Waals surface area contributed by atoms with Gasteiger partial charge in [-0.25, -0.2) is 0 Å². The van der Waals surface area contributed by atoms with Crippen molar-refractivity contribution < 1.29 is 9.47 Å². The van der Waals surface area contributed by atoms with E-state index in [0.717, 1.165) is 45.2 Å². The van der Waals surface area contributed by atoms with Crippen molar-refractivity contribution in [1.29, 1.82) is 0 Å². The van der Waals surface area contributed by atoms with Gasteiger partial charge in [-0.05, 0) is 56.8 Å². The van der Waals surface area contributed by atoms with E-state index < -0.39 is 0 Å². The molecule has 0 aromatic heterocycles. The molecule has 5 heteroatoms. The predicted octanol–water partition coefficient (Wildman–Crippen LogP) is 4.77. The number of unbranched alkanes of at least 4 members (excludes halogenated alkanes) is 1. The maximum atomic E-state index is 5.67. The van der Waals surface area contributed by atoms with E-state index >= 15 is 0 Å². The summed E-state index contributed by atoms with van der Waals surface area (Å²) in [5, 5.41) is 1.02. The molecular weight excluding hydrogens is 404 g/mol. The first-order valence-corrected chi connectivity index (χ1v) is 7.61. The van der Waals surface area contributed by atoms with E-state index in [1.54, 1.807) is 7.11 Å². The predicted molar refractivity (Wildman–Crippen MR) is 76.9 cm³/mol. The van der Waals surface area contributed by atoms with E-state index in [9.17, 15) is 0 Å². The number of hydrogen-bond acceptors (Lipinski definition) is 2. The lowest BCUT2D eigenvalue weighted by Gasteiger charge is -2.10. The molecule has 16 heavy (non-hydrogen) atoms. The Bertz CT molecular complexity index is 342. The lowest BCUT2D eigenvalue weighted by molar-refractivity contribution is 0.307. The second-order valence-electron chi connectivity index (χ2n) is 3.16. The van der Waals surface area contributed by atoms with Gasteiger partial charge in [0.05, 0.1) is 22.7 Å². The van der Waals surface area contributed by atoms with Crippen LogP contribution in [0.2, 0.25) is 0 Å². The molecule has 0 N–H and O–H groups in total. The third-order valence-corrected chi connectivity index (χ3v) is 3.79. The Morgan fingerprint density at radius 1 is 1.06 bits per heavy atom. The zero-order chi connectivity index (χ0) is 12.0. The molecular formula is C11H13Br3O2. The van der Waals surface area contributed by atoms with Gasteiger partial charge in [-0.3, -0.25) is 0 Å². The Morgan fingerprint density at radius 3 is 2.31 bits per heavy atom. The second-order valence-corrected chi connectivity index (χ2v) is 5.66. The van der Waals surface area contributed by atoms with Crippen molar-refractivity contribution in [2.24, 2.45) is 0 Å². The molecule has 0 heterocycles. The highest BCUT2D eigenvalue weighted by molar-refractivity contribution is 9.11. The smallest absolute Gasteiger partial charge is 0.134 e. The lowest BCUT2D eigenvalue weighted by atomic mass is 10.3. The number of benzene rings is 1. The summed E-state index contributed by atoms with van der Waals surface area (Å²) in [7, 11) is 1.64. The van der Waals surface area contributed by atoms with Crippen LogP contribution in [0, 0.1) is 0 Å². The third kappa shape index (κ3) is 4.26. The monoisotopic (exact) mass is 414 g/mol. The third-order valence-electron chi connectivity index (χ3n) is 1.99. The van der Waals surface area contributed by atoms with Crippen molar-refractivity contribution in [1.82, 2.24) is 0 Å². The van der Waals surface area contributed by atoms with Crippen LogP contribution in [0.15, 0.2) is 21.1 Å². The van der Waals surface area contributed by atoms with E-state index in [0.29, 0.717) is 0 Å². The fourth-order valence-electron chi connectivity index (χ4n) is 1.16. The number of ether oxygens (including phenoxy) is 2. The van der Waals surface area contributed by atoms with Gasteiger partial charge < -0.3 is 9.47 Å². The fraction of sp³-hybridized carbons (Fsp3) is 0.455. The van der Waals surface area contributed by atoms with Gasteiger partial charge in [0.1, 0.15) is 11.5 Å². The summed E-state index contributed by atoms with van der Waals surface area (Å²) in [6.45, 7) is 0.725. The van der Waals surface area contributed by atoms with Crippen LogP contribution >= 0.6 is 47.8 Å². The SMILES string of the molecule is COc1cc(Br)c(OCCCCBr)cc1Br. The van der Waals surface area contributed by atoms with Crippen LogP contribution < -0.4 is 9.47 Å². The summed E-state index contributed by atoms with van der Waals surface area (Å²) in [4.78, 5) is 0. The van der Waals surface area contributed by atoms with Gasteiger partial charge in [-0.15, -0.1) is 0 Å². The van der Waals surface area contributed by atoms with Gasteiger partial charge in [-0.2, -0.15) is 0 Å². The standard InChI is InChI=1S/C11H13Br3O2/c1-15-10-6-9(14)11(7-8(10)13)16-5-3-2-4-12/h6-7H,2-5H2,1H3. The summed E-state index contributed by atoms with van der Waals surface area (Å²) >= 11 is 10.3. The van der Waals surface area contributed by atoms with Crippen LogP contribution in [-0.4, -0.2) is 19.0 Å². The number of hydrogen-bond donors (Lipinski definition) is 0. The van der Waals surface area contributed by atoms with Crippen LogP contribution in [0.4, 0.5) is 0 Å². The van der Waals surface area contributed by atoms with Crippen LogP contribution in [0.1, 0.15) is 12.8 Å². The molecule has 0 saturated heterocycles. The van der Waals surface area contributed by atoms with Gasteiger partial charge in [0.15, 0.2) is 0 Å². The minimum absolute atomic E-state index is 0.725. The second kappa shape index (κ2) is 7.56. The van der Waals surface area contributed by atoms with Gasteiger partial charge in [0, 0.05) is 5.33 Å². The zero-order valence-electron chi connectivity index (χ0n) is 8.93. The Balaban J connectivity index is 2.63. The molecule has 0 bridgehead atoms. The minimum Gasteiger partial charge on any atom is -0.496 e. The van der Waals surface area contributed by atoms with Crippen molar-refractivity contribution in [3.63, 3.8) is 0 Å². The molecule has 0 saturated carbocycles. The van der Waals surface area contributed by atoms with Crippen LogP contribution in [-0.2, 0) is 0 Å². The molecule has 2 nitrogen and oxygen atoms in total. The largest absolute Gasteiger partial charge is 0.496 e. The lowest BCUT2D eigenvalue weighted by Crippen LogP contribution is -1.98. The van der Waals surface area contributed by atoms with Crippen molar-refractivity contribution in [2.75, 3.05) is 19.0 Å². The quantitative estimate of drug-likeness (QED) is 0.491. The molecule has 1 rings (SSSR count). The van der Waals surface area contributed by atoms with Crippen LogP contribution in [0.3, 0.4) is 0 Å². The number of alkyl halides is 1. The summed E-state index contributed by atoms with van der Waals surface area (Å²) in [6, 6.07) is 3.81. The summed E-state index contributed by atoms with van der Waals surface area (Å²) in [5.74, 6) is 1.63. The molecule has 0 radical (unpaired) electrons. The average molecular weight is 417 g/mol. The summed E-state index contributed by atoms with van der Waals surface area (Å²) in [6.07, 6.45) is 2.16. The molecule has 0 amide bonds. The van der Waals surface area contributed by atoms with Crippen LogP contribution in [0.25, 0.3) is 0 Å². The molecule has 0 fully saturated rings. The topological polar surface area (TPSA) is 18.5 Å². The number of methoxy groups -OCH3 is 1. The molecule has 0 aliphatic rings. The maximum Gasteiger partial charge on any atom is 0.134 e. The average Bonchev–Trinajstić information content (AvgIpc) is 2.28. The highest BCUT2D eigenvalue weighted by atomic mass is 79.9. The number of rotatable bonds is 6. The fourth-order valence-corrected chi connectivity index (χ4v) is 2.47. The van der Waals surface area contributed by atoms with E-state index in [2.05, 4.69) is 47.8 Å². The molecule has 0 spiro atoms. The molecule has 0 atom stereocenters. The van der Waals surface area contributed by atoms with E-state index in [1.807, 2.05) is 12.1 Å². The number of halogens is 3. The minimum atomic E-state index is 0.725. The van der Waals surface area contributed by atoms with Gasteiger partial charge in [0.25, 0.3) is 0 Å². The first kappa shape index (κ1) is 14.3. The Hall–Kier alpha value is 0.260. The van der Waals surface area contributed by atoms with E-state index in [4.69, 9.17) is 9.47 Å². The van der Waals surface area contributed by atoms with Crippen molar-refractivity contribution >= 4 is 47.8 Å². The maximum absolute atomic E-state index is 5.67. The molecule has 1 aromatic rings. The zero-order valence-corrected chi connectivity index (χ0v) is 13.7. The molecule has 0 unspecified atom stereocenters. The van der Waals surface area contributed by atoms with E-state index in [1.165, 1.54) is 0 Å².